The number of ketones is 1. The SMILES string of the molecule is CCC1(C)CC(=O)c2c(ccc3oc(C(=O)Nc4cc(C)ccc4C)c(C)c23)O1. The molecule has 29 heavy (non-hydrogen) atoms. The van der Waals surface area contributed by atoms with Crippen LogP contribution in [-0.2, 0) is 0 Å². The molecule has 150 valence electrons. The molecule has 1 aliphatic rings. The van der Waals surface area contributed by atoms with Crippen molar-refractivity contribution >= 4 is 28.3 Å². The molecule has 3 aromatic rings. The van der Waals surface area contributed by atoms with Gasteiger partial charge in [-0.3, -0.25) is 9.59 Å². The van der Waals surface area contributed by atoms with Crippen molar-refractivity contribution in [1.29, 1.82) is 0 Å². The van der Waals surface area contributed by atoms with Gasteiger partial charge in [0.15, 0.2) is 11.5 Å². The monoisotopic (exact) mass is 391 g/mol. The molecule has 0 fully saturated rings. The molecule has 1 N–H and O–H groups in total. The summed E-state index contributed by atoms with van der Waals surface area (Å²) in [6.45, 7) is 9.69. The molecule has 0 radical (unpaired) electrons. The highest BCUT2D eigenvalue weighted by Gasteiger charge is 2.37. The molecule has 5 nitrogen and oxygen atoms in total. The Balaban J connectivity index is 1.77. The third-order valence-corrected chi connectivity index (χ3v) is 5.82. The molecular weight excluding hydrogens is 366 g/mol. The quantitative estimate of drug-likeness (QED) is 0.618. The van der Waals surface area contributed by atoms with Crippen LogP contribution < -0.4 is 10.1 Å². The Morgan fingerprint density at radius 2 is 1.93 bits per heavy atom. The molecule has 1 atom stereocenters. The van der Waals surface area contributed by atoms with E-state index in [9.17, 15) is 9.59 Å². The van der Waals surface area contributed by atoms with Crippen LogP contribution in [0, 0.1) is 20.8 Å². The van der Waals surface area contributed by atoms with E-state index in [0.29, 0.717) is 34.3 Å². The molecule has 2 heterocycles. The Labute approximate surface area is 170 Å². The Morgan fingerprint density at radius 3 is 2.66 bits per heavy atom. The zero-order chi connectivity index (χ0) is 20.9. The second-order valence-electron chi connectivity index (χ2n) is 8.15. The first-order valence-corrected chi connectivity index (χ1v) is 9.89. The smallest absolute Gasteiger partial charge is 0.291 e. The van der Waals surface area contributed by atoms with E-state index in [4.69, 9.17) is 9.15 Å². The number of ether oxygens (including phenoxy) is 1. The topological polar surface area (TPSA) is 68.5 Å². The summed E-state index contributed by atoms with van der Waals surface area (Å²) in [5.41, 5.74) is 3.95. The van der Waals surface area contributed by atoms with Crippen molar-refractivity contribution in [2.75, 3.05) is 5.32 Å². The van der Waals surface area contributed by atoms with Gasteiger partial charge in [-0.15, -0.1) is 0 Å². The first-order chi connectivity index (χ1) is 13.7. The number of aryl methyl sites for hydroxylation is 3. The summed E-state index contributed by atoms with van der Waals surface area (Å²) in [6.07, 6.45) is 1.05. The summed E-state index contributed by atoms with van der Waals surface area (Å²) < 4.78 is 12.0. The lowest BCUT2D eigenvalue weighted by atomic mass is 9.87. The van der Waals surface area contributed by atoms with Crippen molar-refractivity contribution in [2.24, 2.45) is 0 Å². The largest absolute Gasteiger partial charge is 0.486 e. The zero-order valence-electron chi connectivity index (χ0n) is 17.4. The number of amides is 1. The van der Waals surface area contributed by atoms with Crippen LogP contribution in [0.4, 0.5) is 5.69 Å². The molecule has 1 amide bonds. The van der Waals surface area contributed by atoms with Crippen molar-refractivity contribution < 1.29 is 18.7 Å². The lowest BCUT2D eigenvalue weighted by Crippen LogP contribution is -2.38. The van der Waals surface area contributed by atoms with E-state index in [-0.39, 0.29) is 17.5 Å². The molecule has 0 saturated carbocycles. The normalized spacial score (nSPS) is 18.4. The van der Waals surface area contributed by atoms with Crippen molar-refractivity contribution in [3.05, 3.63) is 58.3 Å². The number of hydrogen-bond acceptors (Lipinski definition) is 4. The number of hydrogen-bond donors (Lipinski definition) is 1. The minimum Gasteiger partial charge on any atom is -0.486 e. The van der Waals surface area contributed by atoms with Gasteiger partial charge in [-0.05, 0) is 63.4 Å². The highest BCUT2D eigenvalue weighted by Crippen LogP contribution is 2.41. The summed E-state index contributed by atoms with van der Waals surface area (Å²) >= 11 is 0. The highest BCUT2D eigenvalue weighted by atomic mass is 16.5. The van der Waals surface area contributed by atoms with Gasteiger partial charge in [-0.2, -0.15) is 0 Å². The predicted molar refractivity (Wildman–Crippen MR) is 113 cm³/mol. The zero-order valence-corrected chi connectivity index (χ0v) is 17.4. The number of fused-ring (bicyclic) bond motifs is 3. The first-order valence-electron chi connectivity index (χ1n) is 9.89. The Morgan fingerprint density at radius 1 is 1.17 bits per heavy atom. The van der Waals surface area contributed by atoms with Gasteiger partial charge in [0.2, 0.25) is 0 Å². The molecule has 0 saturated heterocycles. The van der Waals surface area contributed by atoms with Gasteiger partial charge in [0.05, 0.1) is 12.0 Å². The Kier molecular flexibility index (Phi) is 4.49. The second kappa shape index (κ2) is 6.76. The number of carbonyl (C=O) groups is 2. The van der Waals surface area contributed by atoms with Gasteiger partial charge < -0.3 is 14.5 Å². The third kappa shape index (κ3) is 3.20. The van der Waals surface area contributed by atoms with Gasteiger partial charge in [0, 0.05) is 16.6 Å². The molecule has 5 heteroatoms. The minimum absolute atomic E-state index is 0.0200. The van der Waals surface area contributed by atoms with E-state index in [2.05, 4.69) is 5.32 Å². The molecule has 1 aromatic heterocycles. The first kappa shape index (κ1) is 19.2. The molecule has 0 spiro atoms. The van der Waals surface area contributed by atoms with Crippen LogP contribution in [0.2, 0.25) is 0 Å². The molecule has 0 aliphatic carbocycles. The summed E-state index contributed by atoms with van der Waals surface area (Å²) in [5, 5.41) is 3.60. The van der Waals surface area contributed by atoms with Crippen LogP contribution in [0.15, 0.2) is 34.7 Å². The average Bonchev–Trinajstić information content (AvgIpc) is 3.01. The summed E-state index contributed by atoms with van der Waals surface area (Å²) in [7, 11) is 0. The lowest BCUT2D eigenvalue weighted by molar-refractivity contribution is 0.0503. The van der Waals surface area contributed by atoms with Crippen molar-refractivity contribution in [1.82, 2.24) is 0 Å². The molecule has 2 aromatic carbocycles. The van der Waals surface area contributed by atoms with Crippen molar-refractivity contribution in [2.45, 2.75) is 53.1 Å². The van der Waals surface area contributed by atoms with Gasteiger partial charge in [-0.1, -0.05) is 19.1 Å². The Bertz CT molecular complexity index is 1160. The molecule has 1 aliphatic heterocycles. The highest BCUT2D eigenvalue weighted by molar-refractivity contribution is 6.14. The molecule has 0 bridgehead atoms. The summed E-state index contributed by atoms with van der Waals surface area (Å²) in [5.74, 6) is 0.463. The van der Waals surface area contributed by atoms with E-state index < -0.39 is 5.60 Å². The summed E-state index contributed by atoms with van der Waals surface area (Å²) in [4.78, 5) is 25.9. The molecule has 1 unspecified atom stereocenters. The predicted octanol–water partition coefficient (Wildman–Crippen LogP) is 5.74. The maximum atomic E-state index is 13.0. The standard InChI is InChI=1S/C24H25NO4/c1-6-24(5)12-17(26)21-19(29-24)10-9-18-20(21)15(4)22(28-18)23(27)25-16-11-13(2)7-8-14(16)3/h7-11H,6,12H2,1-5H3,(H,25,27). The third-order valence-electron chi connectivity index (χ3n) is 5.82. The van der Waals surface area contributed by atoms with E-state index in [1.165, 1.54) is 0 Å². The van der Waals surface area contributed by atoms with E-state index in [1.807, 2.05) is 52.8 Å². The van der Waals surface area contributed by atoms with Gasteiger partial charge in [0.25, 0.3) is 5.91 Å². The molecular formula is C24H25NO4. The number of benzene rings is 2. The number of rotatable bonds is 3. The lowest BCUT2D eigenvalue weighted by Gasteiger charge is -2.34. The van der Waals surface area contributed by atoms with Crippen LogP contribution in [0.3, 0.4) is 0 Å². The van der Waals surface area contributed by atoms with Crippen molar-refractivity contribution in [3.8, 4) is 5.75 Å². The average molecular weight is 391 g/mol. The Hall–Kier alpha value is -3.08. The van der Waals surface area contributed by atoms with Gasteiger partial charge in [-0.25, -0.2) is 0 Å². The number of anilines is 1. The second-order valence-corrected chi connectivity index (χ2v) is 8.15. The van der Waals surface area contributed by atoms with E-state index >= 15 is 0 Å². The van der Waals surface area contributed by atoms with Crippen LogP contribution in [-0.4, -0.2) is 17.3 Å². The van der Waals surface area contributed by atoms with Crippen molar-refractivity contribution in [3.63, 3.8) is 0 Å². The fraction of sp³-hybridized carbons (Fsp3) is 0.333. The van der Waals surface area contributed by atoms with Crippen LogP contribution in [0.1, 0.15) is 64.3 Å². The van der Waals surface area contributed by atoms with Gasteiger partial charge in [0.1, 0.15) is 16.9 Å². The number of Topliss-reactive ketones (excluding diaryl/α,β-unsaturated/α-hetero) is 1. The van der Waals surface area contributed by atoms with Crippen LogP contribution in [0.25, 0.3) is 11.0 Å². The van der Waals surface area contributed by atoms with Crippen LogP contribution >= 0.6 is 0 Å². The summed E-state index contributed by atoms with van der Waals surface area (Å²) in [6, 6.07) is 9.42. The maximum Gasteiger partial charge on any atom is 0.291 e. The minimum atomic E-state index is -0.502. The molecule has 4 rings (SSSR count). The van der Waals surface area contributed by atoms with E-state index in [0.717, 1.165) is 23.2 Å². The fourth-order valence-corrected chi connectivity index (χ4v) is 3.88. The maximum absolute atomic E-state index is 13.0. The van der Waals surface area contributed by atoms with Crippen LogP contribution in [0.5, 0.6) is 5.75 Å². The number of furan rings is 1. The van der Waals surface area contributed by atoms with E-state index in [1.54, 1.807) is 12.1 Å². The number of carbonyl (C=O) groups excluding carboxylic acids is 2. The fourth-order valence-electron chi connectivity index (χ4n) is 3.88. The van der Waals surface area contributed by atoms with Gasteiger partial charge >= 0.3 is 0 Å². The number of nitrogens with one attached hydrogen (secondary N) is 1.